The molecule has 3 aliphatic rings. The van der Waals surface area contributed by atoms with Gasteiger partial charge in [-0.15, -0.1) is 0 Å². The molecule has 2 saturated carbocycles. The number of fused-ring (bicyclic) bond motifs is 1. The SMILES string of the molecule is Cc1c([C@@H](C)n2cc(C(=O)N[C@H]3C[C@@H](c4cc(Cl)ccc4C#N)C3)cn2)cnc(N2C[C@H]3C[C@H]3C2=O)c1F. The topological polar surface area (TPSA) is 104 Å². The maximum Gasteiger partial charge on any atom is 0.254 e. The Morgan fingerprint density at radius 2 is 2.08 bits per heavy atom. The van der Waals surface area contributed by atoms with Crippen molar-refractivity contribution >= 4 is 29.2 Å². The lowest BCUT2D eigenvalue weighted by atomic mass is 9.74. The van der Waals surface area contributed by atoms with E-state index in [1.54, 1.807) is 36.1 Å². The van der Waals surface area contributed by atoms with Crippen molar-refractivity contribution in [2.75, 3.05) is 11.4 Å². The van der Waals surface area contributed by atoms with Crippen molar-refractivity contribution in [2.45, 2.75) is 51.1 Å². The van der Waals surface area contributed by atoms with E-state index in [0.717, 1.165) is 24.8 Å². The van der Waals surface area contributed by atoms with E-state index in [1.807, 2.05) is 13.0 Å². The first-order valence-electron chi connectivity index (χ1n) is 12.8. The third-order valence-corrected chi connectivity index (χ3v) is 8.46. The summed E-state index contributed by atoms with van der Waals surface area (Å²) < 4.78 is 16.9. The highest BCUT2D eigenvalue weighted by Gasteiger charge is 2.53. The molecule has 8 nitrogen and oxygen atoms in total. The van der Waals surface area contributed by atoms with Crippen LogP contribution in [0.2, 0.25) is 5.02 Å². The summed E-state index contributed by atoms with van der Waals surface area (Å²) in [5.41, 5.74) is 2.98. The number of nitrogens with zero attached hydrogens (tertiary/aromatic N) is 5. The van der Waals surface area contributed by atoms with Crippen molar-refractivity contribution in [3.63, 3.8) is 0 Å². The quantitative estimate of drug-likeness (QED) is 0.502. The van der Waals surface area contributed by atoms with Crippen LogP contribution in [0, 0.1) is 35.9 Å². The number of halogens is 2. The van der Waals surface area contributed by atoms with Gasteiger partial charge in [0.1, 0.15) is 0 Å². The fourth-order valence-corrected chi connectivity index (χ4v) is 5.88. The Morgan fingerprint density at radius 3 is 2.79 bits per heavy atom. The molecule has 2 aliphatic carbocycles. The normalized spacial score (nSPS) is 24.4. The molecule has 194 valence electrons. The molecule has 6 rings (SSSR count). The molecule has 10 heteroatoms. The largest absolute Gasteiger partial charge is 0.349 e. The number of nitrogens with one attached hydrogen (secondary N) is 1. The Balaban J connectivity index is 1.11. The molecule has 2 aromatic heterocycles. The van der Waals surface area contributed by atoms with Gasteiger partial charge in [0, 0.05) is 41.5 Å². The van der Waals surface area contributed by atoms with E-state index in [2.05, 4.69) is 21.5 Å². The predicted molar refractivity (Wildman–Crippen MR) is 138 cm³/mol. The van der Waals surface area contributed by atoms with Gasteiger partial charge in [-0.1, -0.05) is 11.6 Å². The van der Waals surface area contributed by atoms with Crippen LogP contribution in [0.25, 0.3) is 0 Å². The summed E-state index contributed by atoms with van der Waals surface area (Å²) in [6.07, 6.45) is 7.08. The van der Waals surface area contributed by atoms with Crippen molar-refractivity contribution in [3.05, 3.63) is 75.4 Å². The number of benzene rings is 1. The fraction of sp³-hybridized carbons (Fsp3) is 0.393. The second-order valence-corrected chi connectivity index (χ2v) is 11.0. The number of anilines is 1. The van der Waals surface area contributed by atoms with Crippen molar-refractivity contribution in [1.82, 2.24) is 20.1 Å². The first kappa shape index (κ1) is 24.6. The van der Waals surface area contributed by atoms with Gasteiger partial charge in [0.25, 0.3) is 5.91 Å². The second kappa shape index (κ2) is 9.21. The number of hydrogen-bond donors (Lipinski definition) is 1. The molecule has 3 fully saturated rings. The first-order chi connectivity index (χ1) is 18.2. The van der Waals surface area contributed by atoms with Gasteiger partial charge in [0.15, 0.2) is 11.6 Å². The average molecular weight is 533 g/mol. The van der Waals surface area contributed by atoms with Crippen LogP contribution in [-0.4, -0.2) is 39.2 Å². The van der Waals surface area contributed by atoms with E-state index in [4.69, 9.17) is 11.6 Å². The molecular formula is C28H26ClFN6O2. The third kappa shape index (κ3) is 4.13. The lowest BCUT2D eigenvalue weighted by molar-refractivity contribution is -0.118. The van der Waals surface area contributed by atoms with Gasteiger partial charge in [-0.2, -0.15) is 10.4 Å². The molecular weight excluding hydrogens is 507 g/mol. The van der Waals surface area contributed by atoms with Crippen LogP contribution in [0.5, 0.6) is 0 Å². The van der Waals surface area contributed by atoms with Crippen molar-refractivity contribution in [3.8, 4) is 6.07 Å². The molecule has 3 heterocycles. The van der Waals surface area contributed by atoms with E-state index in [9.17, 15) is 14.9 Å². The maximum atomic E-state index is 15.3. The fourth-order valence-electron chi connectivity index (χ4n) is 5.70. The van der Waals surface area contributed by atoms with Crippen LogP contribution in [0.4, 0.5) is 10.2 Å². The van der Waals surface area contributed by atoms with Crippen molar-refractivity contribution in [2.24, 2.45) is 11.8 Å². The van der Waals surface area contributed by atoms with Gasteiger partial charge < -0.3 is 5.32 Å². The van der Waals surface area contributed by atoms with Crippen LogP contribution in [0.15, 0.2) is 36.8 Å². The lowest BCUT2D eigenvalue weighted by Crippen LogP contribution is -2.43. The standard InChI is InChI=1S/C28H26ClFN6O2/c1-14-24(11-32-26(25(14)30)35-12-18-7-23(18)28(35)38)15(2)36-13-19(10-33-36)27(37)34-21-5-17(6-21)22-8-20(29)4-3-16(22)9-31/h3-4,8,10-11,13,15,17-18,21,23H,5-7,12H2,1-2H3,(H,34,37)/t15-,17-,18-,21+,23-/m1/s1. The summed E-state index contributed by atoms with van der Waals surface area (Å²) in [4.78, 5) is 31.0. The molecule has 2 amide bonds. The molecule has 3 aromatic rings. The molecule has 38 heavy (non-hydrogen) atoms. The summed E-state index contributed by atoms with van der Waals surface area (Å²) in [5.74, 6) is -0.148. The van der Waals surface area contributed by atoms with Gasteiger partial charge in [0.05, 0.1) is 29.4 Å². The highest BCUT2D eigenvalue weighted by atomic mass is 35.5. The van der Waals surface area contributed by atoms with Crippen molar-refractivity contribution < 1.29 is 14.0 Å². The van der Waals surface area contributed by atoms with E-state index in [-0.39, 0.29) is 41.6 Å². The first-order valence-corrected chi connectivity index (χ1v) is 13.1. The van der Waals surface area contributed by atoms with E-state index in [0.29, 0.717) is 39.7 Å². The monoisotopic (exact) mass is 532 g/mol. The zero-order valence-electron chi connectivity index (χ0n) is 21.0. The van der Waals surface area contributed by atoms with Gasteiger partial charge in [0.2, 0.25) is 5.91 Å². The molecule has 1 aliphatic heterocycles. The summed E-state index contributed by atoms with van der Waals surface area (Å²) in [6.45, 7) is 4.07. The molecule has 0 radical (unpaired) electrons. The van der Waals surface area contributed by atoms with Crippen LogP contribution >= 0.6 is 11.6 Å². The average Bonchev–Trinajstić information content (AvgIpc) is 3.33. The molecule has 0 bridgehead atoms. The van der Waals surface area contributed by atoms with Gasteiger partial charge in [-0.25, -0.2) is 9.37 Å². The van der Waals surface area contributed by atoms with Gasteiger partial charge in [-0.05, 0) is 74.3 Å². The number of rotatable bonds is 6. The maximum absolute atomic E-state index is 15.3. The Kier molecular flexibility index (Phi) is 5.95. The summed E-state index contributed by atoms with van der Waals surface area (Å²) >= 11 is 6.11. The minimum Gasteiger partial charge on any atom is -0.349 e. The minimum absolute atomic E-state index is 0.00813. The van der Waals surface area contributed by atoms with Gasteiger partial charge >= 0.3 is 0 Å². The molecule has 1 aromatic carbocycles. The zero-order valence-corrected chi connectivity index (χ0v) is 21.7. The molecule has 1 N–H and O–H groups in total. The Morgan fingerprint density at radius 1 is 1.29 bits per heavy atom. The van der Waals surface area contributed by atoms with Gasteiger partial charge in [-0.3, -0.25) is 19.2 Å². The molecule has 0 unspecified atom stereocenters. The van der Waals surface area contributed by atoms with E-state index < -0.39 is 5.82 Å². The molecule has 0 spiro atoms. The number of nitriles is 1. The molecule has 1 saturated heterocycles. The van der Waals surface area contributed by atoms with E-state index in [1.165, 1.54) is 11.1 Å². The number of carbonyl (C=O) groups is 2. The summed E-state index contributed by atoms with van der Waals surface area (Å²) in [6, 6.07) is 7.09. The highest BCUT2D eigenvalue weighted by Crippen LogP contribution is 2.47. The second-order valence-electron chi connectivity index (χ2n) is 10.6. The van der Waals surface area contributed by atoms with E-state index >= 15 is 4.39 Å². The van der Waals surface area contributed by atoms with Crippen LogP contribution in [0.1, 0.15) is 70.8 Å². The van der Waals surface area contributed by atoms with Crippen LogP contribution in [-0.2, 0) is 4.79 Å². The van der Waals surface area contributed by atoms with Crippen LogP contribution in [0.3, 0.4) is 0 Å². The highest BCUT2D eigenvalue weighted by molar-refractivity contribution is 6.30. The van der Waals surface area contributed by atoms with Crippen LogP contribution < -0.4 is 10.2 Å². The summed E-state index contributed by atoms with van der Waals surface area (Å²) in [7, 11) is 0. The predicted octanol–water partition coefficient (Wildman–Crippen LogP) is 4.52. The number of pyridine rings is 1. The summed E-state index contributed by atoms with van der Waals surface area (Å²) in [5, 5.41) is 17.3. The lowest BCUT2D eigenvalue weighted by Gasteiger charge is -2.36. The number of aromatic nitrogens is 3. The minimum atomic E-state index is -0.493. The number of piperidine rings is 1. The zero-order chi connectivity index (χ0) is 26.7. The van der Waals surface area contributed by atoms with Crippen molar-refractivity contribution in [1.29, 1.82) is 5.26 Å². The number of hydrogen-bond acceptors (Lipinski definition) is 5. The number of amides is 2. The molecule has 3 atom stereocenters. The smallest absolute Gasteiger partial charge is 0.254 e. The third-order valence-electron chi connectivity index (χ3n) is 8.22. The Hall–Kier alpha value is -3.77. The Labute approximate surface area is 224 Å². The number of carbonyl (C=O) groups excluding carboxylic acids is 2. The Bertz CT molecular complexity index is 1510.